The van der Waals surface area contributed by atoms with Crippen LogP contribution in [0.5, 0.6) is 0 Å². The Balaban J connectivity index is 2.15. The number of hydrogen-bond donors (Lipinski definition) is 1. The average Bonchev–Trinajstić information content (AvgIpc) is 2.64. The van der Waals surface area contributed by atoms with Crippen LogP contribution in [0.15, 0.2) is 0 Å². The topological polar surface area (TPSA) is 47.6 Å². The summed E-state index contributed by atoms with van der Waals surface area (Å²) in [6.45, 7) is 3.80. The van der Waals surface area contributed by atoms with Crippen LogP contribution in [-0.2, 0) is 14.3 Å². The van der Waals surface area contributed by atoms with Gasteiger partial charge in [-0.05, 0) is 18.8 Å². The fourth-order valence-corrected chi connectivity index (χ4v) is 1.98. The number of rotatable bonds is 6. The van der Waals surface area contributed by atoms with E-state index in [2.05, 4.69) is 5.32 Å². The maximum atomic E-state index is 11.7. The third kappa shape index (κ3) is 4.28. The fraction of sp³-hybridized carbons (Fsp3) is 0.909. The van der Waals surface area contributed by atoms with Gasteiger partial charge in [0.25, 0.3) is 0 Å². The summed E-state index contributed by atoms with van der Waals surface area (Å²) in [6, 6.07) is 0. The number of carbonyl (C=O) groups is 1. The molecule has 1 N–H and O–H groups in total. The van der Waals surface area contributed by atoms with Crippen molar-refractivity contribution in [1.29, 1.82) is 0 Å². The predicted octanol–water partition coefficient (Wildman–Crippen LogP) is 1.17. The molecular formula is C11H20ClNO3. The van der Waals surface area contributed by atoms with Crippen molar-refractivity contribution in [2.75, 3.05) is 26.9 Å². The lowest BCUT2D eigenvalue weighted by atomic mass is 10.0. The van der Waals surface area contributed by atoms with Crippen molar-refractivity contribution in [2.24, 2.45) is 5.92 Å². The lowest BCUT2D eigenvalue weighted by Crippen LogP contribution is -2.38. The molecule has 16 heavy (non-hydrogen) atoms. The highest BCUT2D eigenvalue weighted by molar-refractivity contribution is 6.20. The van der Waals surface area contributed by atoms with E-state index in [4.69, 9.17) is 21.1 Å². The highest BCUT2D eigenvalue weighted by Crippen LogP contribution is 2.19. The van der Waals surface area contributed by atoms with E-state index in [9.17, 15) is 4.79 Å². The number of ether oxygens (including phenoxy) is 2. The SMILES string of the molecule is COCC(Cl)CCNC(=O)C1OCCC1C. The van der Waals surface area contributed by atoms with Crippen molar-refractivity contribution in [2.45, 2.75) is 31.2 Å². The molecule has 0 bridgehead atoms. The van der Waals surface area contributed by atoms with E-state index in [1.54, 1.807) is 7.11 Å². The first-order valence-electron chi connectivity index (χ1n) is 5.67. The second kappa shape index (κ2) is 7.09. The summed E-state index contributed by atoms with van der Waals surface area (Å²) in [6.07, 6.45) is 1.39. The molecular weight excluding hydrogens is 230 g/mol. The Bertz CT molecular complexity index is 225. The summed E-state index contributed by atoms with van der Waals surface area (Å²) < 4.78 is 10.3. The first-order chi connectivity index (χ1) is 7.65. The summed E-state index contributed by atoms with van der Waals surface area (Å²) >= 11 is 5.95. The minimum absolute atomic E-state index is 0.0220. The molecule has 0 aromatic carbocycles. The molecule has 3 unspecified atom stereocenters. The highest BCUT2D eigenvalue weighted by Gasteiger charge is 2.30. The molecule has 1 aliphatic heterocycles. The molecule has 94 valence electrons. The van der Waals surface area contributed by atoms with Crippen LogP contribution in [0.3, 0.4) is 0 Å². The molecule has 1 heterocycles. The first kappa shape index (κ1) is 13.7. The molecule has 0 aromatic rings. The van der Waals surface area contributed by atoms with Gasteiger partial charge >= 0.3 is 0 Å². The van der Waals surface area contributed by atoms with E-state index >= 15 is 0 Å². The number of amides is 1. The van der Waals surface area contributed by atoms with Crippen LogP contribution in [0.1, 0.15) is 19.8 Å². The summed E-state index contributed by atoms with van der Waals surface area (Å²) in [5, 5.41) is 2.79. The molecule has 0 aliphatic carbocycles. The van der Waals surface area contributed by atoms with E-state index in [-0.39, 0.29) is 17.4 Å². The van der Waals surface area contributed by atoms with Crippen LogP contribution in [0.4, 0.5) is 0 Å². The Morgan fingerprint density at radius 1 is 1.69 bits per heavy atom. The molecule has 4 nitrogen and oxygen atoms in total. The van der Waals surface area contributed by atoms with Gasteiger partial charge in [-0.1, -0.05) is 6.92 Å². The van der Waals surface area contributed by atoms with Gasteiger partial charge < -0.3 is 14.8 Å². The molecule has 0 aromatic heterocycles. The van der Waals surface area contributed by atoms with Crippen LogP contribution < -0.4 is 5.32 Å². The molecule has 5 heteroatoms. The Labute approximate surface area is 102 Å². The van der Waals surface area contributed by atoms with E-state index in [0.717, 1.165) is 6.42 Å². The van der Waals surface area contributed by atoms with Crippen molar-refractivity contribution in [3.63, 3.8) is 0 Å². The number of methoxy groups -OCH3 is 1. The number of alkyl halides is 1. The Kier molecular flexibility index (Phi) is 6.09. The zero-order chi connectivity index (χ0) is 12.0. The normalized spacial score (nSPS) is 26.7. The average molecular weight is 250 g/mol. The maximum Gasteiger partial charge on any atom is 0.249 e. The zero-order valence-electron chi connectivity index (χ0n) is 9.87. The molecule has 3 atom stereocenters. The third-order valence-electron chi connectivity index (χ3n) is 2.75. The van der Waals surface area contributed by atoms with Gasteiger partial charge in [0, 0.05) is 20.3 Å². The Hall–Kier alpha value is -0.320. The van der Waals surface area contributed by atoms with Crippen LogP contribution in [0.25, 0.3) is 0 Å². The Morgan fingerprint density at radius 2 is 2.44 bits per heavy atom. The summed E-state index contributed by atoms with van der Waals surface area (Å²) in [7, 11) is 1.61. The summed E-state index contributed by atoms with van der Waals surface area (Å²) in [4.78, 5) is 11.7. The number of halogens is 1. The lowest BCUT2D eigenvalue weighted by Gasteiger charge is -2.15. The predicted molar refractivity (Wildman–Crippen MR) is 62.7 cm³/mol. The summed E-state index contributed by atoms with van der Waals surface area (Å²) in [5.41, 5.74) is 0. The minimum atomic E-state index is -0.281. The van der Waals surface area contributed by atoms with Crippen molar-refractivity contribution < 1.29 is 14.3 Å². The second-order valence-corrected chi connectivity index (χ2v) is 4.81. The Morgan fingerprint density at radius 3 is 3.00 bits per heavy atom. The van der Waals surface area contributed by atoms with Crippen LogP contribution >= 0.6 is 11.6 Å². The molecule has 1 rings (SSSR count). The molecule has 0 saturated carbocycles. The monoisotopic (exact) mass is 249 g/mol. The van der Waals surface area contributed by atoms with Gasteiger partial charge in [0.2, 0.25) is 5.91 Å². The molecule has 1 fully saturated rings. The van der Waals surface area contributed by atoms with E-state index < -0.39 is 0 Å². The molecule has 0 spiro atoms. The molecule has 1 aliphatic rings. The second-order valence-electron chi connectivity index (χ2n) is 4.19. The summed E-state index contributed by atoms with van der Waals surface area (Å²) in [5.74, 6) is 0.289. The van der Waals surface area contributed by atoms with Crippen LogP contribution in [0, 0.1) is 5.92 Å². The van der Waals surface area contributed by atoms with E-state index in [0.29, 0.717) is 32.1 Å². The highest BCUT2D eigenvalue weighted by atomic mass is 35.5. The fourth-order valence-electron chi connectivity index (χ4n) is 1.75. The van der Waals surface area contributed by atoms with Crippen molar-refractivity contribution in [1.82, 2.24) is 5.32 Å². The molecule has 0 radical (unpaired) electrons. The smallest absolute Gasteiger partial charge is 0.249 e. The van der Waals surface area contributed by atoms with Gasteiger partial charge in [-0.3, -0.25) is 4.79 Å². The molecule has 1 amide bonds. The van der Waals surface area contributed by atoms with Gasteiger partial charge in [-0.25, -0.2) is 0 Å². The largest absolute Gasteiger partial charge is 0.383 e. The third-order valence-corrected chi connectivity index (χ3v) is 3.09. The van der Waals surface area contributed by atoms with Crippen molar-refractivity contribution in [3.8, 4) is 0 Å². The zero-order valence-corrected chi connectivity index (χ0v) is 10.6. The van der Waals surface area contributed by atoms with Gasteiger partial charge in [0.1, 0.15) is 6.10 Å². The number of hydrogen-bond acceptors (Lipinski definition) is 3. The standard InChI is InChI=1S/C11H20ClNO3/c1-8-4-6-16-10(8)11(14)13-5-3-9(12)7-15-2/h8-10H,3-7H2,1-2H3,(H,13,14). The van der Waals surface area contributed by atoms with Crippen molar-refractivity contribution >= 4 is 17.5 Å². The molecule has 1 saturated heterocycles. The van der Waals surface area contributed by atoms with E-state index in [1.807, 2.05) is 6.92 Å². The quantitative estimate of drug-likeness (QED) is 0.719. The van der Waals surface area contributed by atoms with E-state index in [1.165, 1.54) is 0 Å². The maximum absolute atomic E-state index is 11.7. The van der Waals surface area contributed by atoms with Crippen LogP contribution in [-0.4, -0.2) is 44.3 Å². The van der Waals surface area contributed by atoms with Gasteiger partial charge in [0.05, 0.1) is 12.0 Å². The van der Waals surface area contributed by atoms with Gasteiger partial charge in [0.15, 0.2) is 0 Å². The minimum Gasteiger partial charge on any atom is -0.383 e. The number of carbonyl (C=O) groups excluding carboxylic acids is 1. The number of nitrogens with one attached hydrogen (secondary N) is 1. The van der Waals surface area contributed by atoms with Crippen LogP contribution in [0.2, 0.25) is 0 Å². The first-order valence-corrected chi connectivity index (χ1v) is 6.11. The van der Waals surface area contributed by atoms with Crippen molar-refractivity contribution in [3.05, 3.63) is 0 Å². The lowest BCUT2D eigenvalue weighted by molar-refractivity contribution is -0.131. The van der Waals surface area contributed by atoms with Gasteiger partial charge in [-0.2, -0.15) is 0 Å². The van der Waals surface area contributed by atoms with Gasteiger partial charge in [-0.15, -0.1) is 11.6 Å².